The van der Waals surface area contributed by atoms with Crippen LogP contribution in [0.5, 0.6) is 11.9 Å². The van der Waals surface area contributed by atoms with Gasteiger partial charge in [-0.2, -0.15) is 15.0 Å². The highest BCUT2D eigenvalue weighted by molar-refractivity contribution is 6.30. The first-order chi connectivity index (χ1) is 19.4. The Kier molecular flexibility index (Phi) is 8.17. The summed E-state index contributed by atoms with van der Waals surface area (Å²) in [7, 11) is 0. The van der Waals surface area contributed by atoms with Gasteiger partial charge in [0.2, 0.25) is 5.88 Å². The highest BCUT2D eigenvalue weighted by Crippen LogP contribution is 2.41. The minimum Gasteiger partial charge on any atom is -0.474 e. The lowest BCUT2D eigenvalue weighted by atomic mass is 9.95. The average Bonchev–Trinajstić information content (AvgIpc) is 3.40. The molecule has 1 amide bonds. The zero-order valence-corrected chi connectivity index (χ0v) is 24.9. The molecular formula is C28H37ClF2N6O4. The molecule has 3 aliphatic rings. The minimum absolute atomic E-state index is 0.0609. The minimum atomic E-state index is -0.915. The SMILES string of the molecule is C/C=C1/C[C@H](C)Oc2nc(Cl)c(F)c3nc(OC[C@@]45CCCN4C[C@H](F)C5)nc(c23)NCCN1C(=O)OC(C)(C)C. The Morgan fingerprint density at radius 3 is 2.80 bits per heavy atom. The van der Waals surface area contributed by atoms with Crippen LogP contribution in [0.3, 0.4) is 0 Å². The number of halogens is 3. The van der Waals surface area contributed by atoms with Crippen molar-refractivity contribution in [3.05, 3.63) is 22.7 Å². The molecule has 3 atom stereocenters. The number of carbonyl (C=O) groups is 1. The van der Waals surface area contributed by atoms with Crippen molar-refractivity contribution < 1.29 is 27.8 Å². The Labute approximate surface area is 243 Å². The van der Waals surface area contributed by atoms with Gasteiger partial charge in [0.1, 0.15) is 41.2 Å². The van der Waals surface area contributed by atoms with E-state index in [0.29, 0.717) is 25.1 Å². The van der Waals surface area contributed by atoms with Gasteiger partial charge in [-0.3, -0.25) is 9.80 Å². The number of hydrogen-bond acceptors (Lipinski definition) is 9. The van der Waals surface area contributed by atoms with E-state index in [1.165, 1.54) is 0 Å². The maximum Gasteiger partial charge on any atom is 0.414 e. The number of allylic oxidation sites excluding steroid dienone is 1. The molecule has 224 valence electrons. The second-order valence-electron chi connectivity index (χ2n) is 11.9. The van der Waals surface area contributed by atoms with Crippen molar-refractivity contribution in [2.24, 2.45) is 0 Å². The average molecular weight is 595 g/mol. The number of fused-ring (bicyclic) bond motifs is 1. The molecule has 41 heavy (non-hydrogen) atoms. The lowest BCUT2D eigenvalue weighted by Crippen LogP contribution is -2.43. The zero-order valence-electron chi connectivity index (χ0n) is 24.1. The van der Waals surface area contributed by atoms with E-state index in [0.717, 1.165) is 19.4 Å². The Hall–Kier alpha value is -2.99. The predicted molar refractivity (Wildman–Crippen MR) is 151 cm³/mol. The fourth-order valence-electron chi connectivity index (χ4n) is 5.88. The van der Waals surface area contributed by atoms with Crippen LogP contribution in [-0.2, 0) is 4.74 Å². The van der Waals surface area contributed by atoms with Crippen molar-refractivity contribution in [3.8, 4) is 11.9 Å². The lowest BCUT2D eigenvalue weighted by molar-refractivity contribution is 0.0305. The van der Waals surface area contributed by atoms with Crippen molar-refractivity contribution in [2.75, 3.05) is 38.1 Å². The number of alkyl halides is 1. The normalized spacial score (nSPS) is 26.3. The fraction of sp³-hybridized carbons (Fsp3) is 0.643. The number of pyridine rings is 1. The number of aromatic nitrogens is 3. The molecule has 2 fully saturated rings. The third-order valence-electron chi connectivity index (χ3n) is 7.65. The van der Waals surface area contributed by atoms with Crippen LogP contribution in [-0.4, -0.2) is 87.0 Å². The van der Waals surface area contributed by atoms with E-state index in [1.54, 1.807) is 25.7 Å². The van der Waals surface area contributed by atoms with Gasteiger partial charge in [-0.1, -0.05) is 17.7 Å². The smallest absolute Gasteiger partial charge is 0.414 e. The number of rotatable bonds is 3. The number of hydrogen-bond donors (Lipinski definition) is 1. The van der Waals surface area contributed by atoms with Crippen molar-refractivity contribution >= 4 is 34.4 Å². The van der Waals surface area contributed by atoms with Gasteiger partial charge in [0.25, 0.3) is 0 Å². The molecule has 0 bridgehead atoms. The maximum atomic E-state index is 15.4. The van der Waals surface area contributed by atoms with E-state index in [9.17, 15) is 9.18 Å². The van der Waals surface area contributed by atoms with E-state index in [4.69, 9.17) is 25.8 Å². The summed E-state index contributed by atoms with van der Waals surface area (Å²) >= 11 is 6.18. The molecule has 10 nitrogen and oxygen atoms in total. The fourth-order valence-corrected chi connectivity index (χ4v) is 6.05. The molecule has 2 aromatic rings. The van der Waals surface area contributed by atoms with Crippen LogP contribution in [0.25, 0.3) is 10.9 Å². The van der Waals surface area contributed by atoms with Crippen LogP contribution < -0.4 is 14.8 Å². The van der Waals surface area contributed by atoms with Gasteiger partial charge in [0, 0.05) is 38.2 Å². The van der Waals surface area contributed by atoms with Gasteiger partial charge in [-0.25, -0.2) is 13.6 Å². The molecule has 0 unspecified atom stereocenters. The second kappa shape index (κ2) is 11.4. The van der Waals surface area contributed by atoms with E-state index < -0.39 is 40.5 Å². The number of nitrogens with one attached hydrogen (secondary N) is 1. The van der Waals surface area contributed by atoms with Crippen LogP contribution in [0.4, 0.5) is 19.4 Å². The molecule has 0 saturated carbocycles. The van der Waals surface area contributed by atoms with E-state index >= 15 is 4.39 Å². The van der Waals surface area contributed by atoms with Gasteiger partial charge in [0.15, 0.2) is 11.0 Å². The van der Waals surface area contributed by atoms with Gasteiger partial charge in [0.05, 0.1) is 5.54 Å². The van der Waals surface area contributed by atoms with E-state index in [2.05, 4.69) is 25.2 Å². The Bertz CT molecular complexity index is 1360. The summed E-state index contributed by atoms with van der Waals surface area (Å²) in [6.07, 6.45) is 2.43. The summed E-state index contributed by atoms with van der Waals surface area (Å²) in [4.78, 5) is 29.9. The predicted octanol–water partition coefficient (Wildman–Crippen LogP) is 5.50. The second-order valence-corrected chi connectivity index (χ2v) is 12.3. The number of carbonyl (C=O) groups excluding carboxylic acids is 1. The molecule has 13 heteroatoms. The summed E-state index contributed by atoms with van der Waals surface area (Å²) in [5.41, 5.74) is -0.529. The first-order valence-corrected chi connectivity index (χ1v) is 14.4. The monoisotopic (exact) mass is 594 g/mol. The number of ether oxygens (including phenoxy) is 3. The largest absolute Gasteiger partial charge is 0.474 e. The van der Waals surface area contributed by atoms with Crippen LogP contribution in [0.15, 0.2) is 11.8 Å². The Balaban J connectivity index is 1.50. The molecule has 0 aliphatic carbocycles. The number of nitrogens with zero attached hydrogens (tertiary/aromatic N) is 5. The quantitative estimate of drug-likeness (QED) is 0.462. The summed E-state index contributed by atoms with van der Waals surface area (Å²) in [6.45, 7) is 10.9. The molecule has 0 spiro atoms. The highest BCUT2D eigenvalue weighted by atomic mass is 35.5. The molecule has 5 rings (SSSR count). The first kappa shape index (κ1) is 29.5. The van der Waals surface area contributed by atoms with Gasteiger partial charge in [-0.05, 0) is 54.0 Å². The third-order valence-corrected chi connectivity index (χ3v) is 7.90. The molecular weight excluding hydrogens is 558 g/mol. The Morgan fingerprint density at radius 2 is 2.07 bits per heavy atom. The van der Waals surface area contributed by atoms with Crippen LogP contribution in [0.1, 0.15) is 60.3 Å². The van der Waals surface area contributed by atoms with Crippen molar-refractivity contribution in [1.82, 2.24) is 24.8 Å². The summed E-state index contributed by atoms with van der Waals surface area (Å²) in [5.74, 6) is -0.550. The van der Waals surface area contributed by atoms with E-state index in [1.807, 2.05) is 19.9 Å². The number of amides is 1. The summed E-state index contributed by atoms with van der Waals surface area (Å²) in [5, 5.41) is 3.00. The van der Waals surface area contributed by atoms with Gasteiger partial charge < -0.3 is 19.5 Å². The van der Waals surface area contributed by atoms with Crippen molar-refractivity contribution in [1.29, 1.82) is 0 Å². The summed E-state index contributed by atoms with van der Waals surface area (Å²) < 4.78 is 47.5. The van der Waals surface area contributed by atoms with Crippen molar-refractivity contribution in [2.45, 2.75) is 83.7 Å². The molecule has 2 aromatic heterocycles. The highest BCUT2D eigenvalue weighted by Gasteiger charge is 2.49. The van der Waals surface area contributed by atoms with Crippen molar-refractivity contribution in [3.63, 3.8) is 0 Å². The number of anilines is 1. The molecule has 5 heterocycles. The van der Waals surface area contributed by atoms with Crippen LogP contribution >= 0.6 is 11.6 Å². The molecule has 3 aliphatic heterocycles. The molecule has 1 N–H and O–H groups in total. The molecule has 0 radical (unpaired) electrons. The maximum absolute atomic E-state index is 15.4. The third kappa shape index (κ3) is 6.13. The van der Waals surface area contributed by atoms with E-state index in [-0.39, 0.29) is 48.3 Å². The van der Waals surface area contributed by atoms with Crippen LogP contribution in [0, 0.1) is 5.82 Å². The first-order valence-electron chi connectivity index (χ1n) is 14.0. The van der Waals surface area contributed by atoms with Gasteiger partial charge in [-0.15, -0.1) is 0 Å². The molecule has 2 saturated heterocycles. The standard InChI is InChI=1S/C28H37ClF2N6O4/c1-6-18-12-16(2)40-24-19-21(20(31)22(29)34-24)33-25(39-15-28-8-7-10-36(28)14-17(30)13-28)35-23(19)32-9-11-37(18)26(38)41-27(3,4)5/h6,16-17H,7-15H2,1-5H3,(H,32,33,35)/b18-6-/t16-,17+,28-/m0/s1. The topological polar surface area (TPSA) is 102 Å². The van der Waals surface area contributed by atoms with Gasteiger partial charge >= 0.3 is 12.1 Å². The summed E-state index contributed by atoms with van der Waals surface area (Å²) in [6, 6.07) is -0.0725. The lowest BCUT2D eigenvalue weighted by Gasteiger charge is -2.30. The Morgan fingerprint density at radius 1 is 1.29 bits per heavy atom. The zero-order chi connectivity index (χ0) is 29.5. The molecule has 0 aromatic carbocycles. The van der Waals surface area contributed by atoms with Crippen LogP contribution in [0.2, 0.25) is 5.15 Å².